The minimum Gasteiger partial charge on any atom is -0.388 e. The lowest BCUT2D eigenvalue weighted by Gasteiger charge is -2.20. The largest absolute Gasteiger partial charge is 0.388 e. The third-order valence-corrected chi connectivity index (χ3v) is 3.92. The van der Waals surface area contributed by atoms with Gasteiger partial charge < -0.3 is 20.1 Å². The molecule has 0 amide bonds. The summed E-state index contributed by atoms with van der Waals surface area (Å²) in [5.74, 6) is 0.634. The molecule has 1 fully saturated rings. The van der Waals surface area contributed by atoms with E-state index < -0.39 is 6.10 Å². The minimum absolute atomic E-state index is 0.0979. The van der Waals surface area contributed by atoms with Gasteiger partial charge in [0.1, 0.15) is 17.9 Å². The molecule has 2 aromatic rings. The predicted molar refractivity (Wildman–Crippen MR) is 69.4 cm³/mol. The molecule has 1 aliphatic rings. The molecular weight excluding hydrogens is 246 g/mol. The van der Waals surface area contributed by atoms with Crippen molar-refractivity contribution in [3.05, 3.63) is 12.7 Å². The first-order valence-electron chi connectivity index (χ1n) is 6.27. The second kappa shape index (κ2) is 4.43. The van der Waals surface area contributed by atoms with Crippen LogP contribution in [0.4, 0.5) is 5.82 Å². The minimum atomic E-state index is -0.575. The molecule has 7 heteroatoms. The number of nitrogens with two attached hydrogens (primary N) is 1. The van der Waals surface area contributed by atoms with Crippen LogP contribution in [0.2, 0.25) is 0 Å². The van der Waals surface area contributed by atoms with Gasteiger partial charge in [0, 0.05) is 7.11 Å². The number of nitrogen functional groups attached to an aromatic ring is 1. The van der Waals surface area contributed by atoms with Crippen LogP contribution in [0.1, 0.15) is 19.4 Å². The highest BCUT2D eigenvalue weighted by atomic mass is 16.5. The maximum atomic E-state index is 10.4. The number of fused-ring (bicyclic) bond motifs is 1. The molecule has 4 atom stereocenters. The third-order valence-electron chi connectivity index (χ3n) is 3.92. The van der Waals surface area contributed by atoms with Gasteiger partial charge >= 0.3 is 0 Å². The second-order valence-corrected chi connectivity index (χ2v) is 5.05. The molecule has 1 saturated carbocycles. The average molecular weight is 263 g/mol. The fourth-order valence-electron chi connectivity index (χ4n) is 2.97. The van der Waals surface area contributed by atoms with Crippen molar-refractivity contribution in [2.75, 3.05) is 12.8 Å². The fraction of sp³-hybridized carbons (Fsp3) is 0.583. The Morgan fingerprint density at radius 3 is 2.89 bits per heavy atom. The number of hydrogen-bond donors (Lipinski definition) is 2. The van der Waals surface area contributed by atoms with Crippen molar-refractivity contribution in [2.24, 2.45) is 5.92 Å². The molecule has 3 rings (SSSR count). The van der Waals surface area contributed by atoms with Crippen molar-refractivity contribution in [2.45, 2.75) is 31.6 Å². The number of nitrogens with zero attached hydrogens (tertiary/aromatic N) is 4. The Morgan fingerprint density at radius 2 is 2.21 bits per heavy atom. The standard InChI is InChI=1S/C12H17N5O2/c1-6-3-7(9(18)10(6)19-2)17-5-16-8-11(13)14-4-15-12(8)17/h4-7,9-10,18H,3H2,1-2H3,(H2,13,14,15)/t6-,7-,9+,10-/m1/s1. The number of aliphatic hydroxyl groups is 1. The van der Waals surface area contributed by atoms with E-state index in [4.69, 9.17) is 10.5 Å². The van der Waals surface area contributed by atoms with E-state index in [1.807, 2.05) is 4.57 Å². The van der Waals surface area contributed by atoms with Crippen LogP contribution >= 0.6 is 0 Å². The van der Waals surface area contributed by atoms with Crippen LogP contribution in [0.15, 0.2) is 12.7 Å². The lowest BCUT2D eigenvalue weighted by atomic mass is 10.1. The van der Waals surface area contributed by atoms with Crippen molar-refractivity contribution < 1.29 is 9.84 Å². The van der Waals surface area contributed by atoms with Crippen molar-refractivity contribution in [1.82, 2.24) is 19.5 Å². The van der Waals surface area contributed by atoms with Gasteiger partial charge in [-0.3, -0.25) is 0 Å². The number of rotatable bonds is 2. The van der Waals surface area contributed by atoms with Gasteiger partial charge in [0.05, 0.1) is 18.5 Å². The molecule has 2 heterocycles. The SMILES string of the molecule is CO[C@H]1[C@@H](O)[C@H](n2cnc3c(N)ncnc32)C[C@H]1C. The van der Waals surface area contributed by atoms with E-state index in [0.29, 0.717) is 17.0 Å². The van der Waals surface area contributed by atoms with E-state index in [9.17, 15) is 5.11 Å². The smallest absolute Gasteiger partial charge is 0.165 e. The fourth-order valence-corrected chi connectivity index (χ4v) is 2.97. The number of aromatic nitrogens is 4. The zero-order chi connectivity index (χ0) is 13.6. The van der Waals surface area contributed by atoms with Crippen LogP contribution in [0.3, 0.4) is 0 Å². The second-order valence-electron chi connectivity index (χ2n) is 5.05. The lowest BCUT2D eigenvalue weighted by Crippen LogP contribution is -2.30. The summed E-state index contributed by atoms with van der Waals surface area (Å²) in [4.78, 5) is 12.4. The monoisotopic (exact) mass is 263 g/mol. The summed E-state index contributed by atoms with van der Waals surface area (Å²) in [5.41, 5.74) is 7.00. The van der Waals surface area contributed by atoms with Gasteiger partial charge in [-0.1, -0.05) is 6.92 Å². The Labute approximate surface area is 110 Å². The highest BCUT2D eigenvalue weighted by Crippen LogP contribution is 2.37. The van der Waals surface area contributed by atoms with Crippen LogP contribution < -0.4 is 5.73 Å². The molecule has 19 heavy (non-hydrogen) atoms. The van der Waals surface area contributed by atoms with Gasteiger partial charge in [0.15, 0.2) is 11.5 Å². The van der Waals surface area contributed by atoms with Crippen molar-refractivity contribution in [1.29, 1.82) is 0 Å². The average Bonchev–Trinajstić information content (AvgIpc) is 2.92. The number of anilines is 1. The van der Waals surface area contributed by atoms with Gasteiger partial charge in [-0.15, -0.1) is 0 Å². The van der Waals surface area contributed by atoms with Crippen LogP contribution in [0, 0.1) is 5.92 Å². The van der Waals surface area contributed by atoms with Gasteiger partial charge in [-0.05, 0) is 12.3 Å². The lowest BCUT2D eigenvalue weighted by molar-refractivity contribution is -0.0202. The Balaban J connectivity index is 2.04. The number of methoxy groups -OCH3 is 1. The Kier molecular flexibility index (Phi) is 2.87. The molecule has 0 saturated heterocycles. The summed E-state index contributed by atoms with van der Waals surface area (Å²) in [7, 11) is 1.62. The summed E-state index contributed by atoms with van der Waals surface area (Å²) in [6.45, 7) is 2.07. The van der Waals surface area contributed by atoms with Crippen LogP contribution in [-0.4, -0.2) is 43.9 Å². The predicted octanol–water partition coefficient (Wildman–Crippen LogP) is 0.365. The summed E-state index contributed by atoms with van der Waals surface area (Å²) in [5, 5.41) is 10.4. The summed E-state index contributed by atoms with van der Waals surface area (Å²) in [6, 6.07) is -0.0979. The zero-order valence-corrected chi connectivity index (χ0v) is 10.9. The van der Waals surface area contributed by atoms with Gasteiger partial charge in [-0.25, -0.2) is 15.0 Å². The number of hydrogen-bond acceptors (Lipinski definition) is 6. The topological polar surface area (TPSA) is 99.1 Å². The number of imidazole rings is 1. The third kappa shape index (κ3) is 1.77. The highest BCUT2D eigenvalue weighted by molar-refractivity contribution is 5.81. The number of ether oxygens (including phenoxy) is 1. The summed E-state index contributed by atoms with van der Waals surface area (Å²) in [6.07, 6.45) is 3.15. The van der Waals surface area contributed by atoms with E-state index in [-0.39, 0.29) is 18.1 Å². The van der Waals surface area contributed by atoms with Crippen LogP contribution in [0.25, 0.3) is 11.2 Å². The first-order valence-corrected chi connectivity index (χ1v) is 6.27. The molecule has 0 aromatic carbocycles. The number of aliphatic hydroxyl groups excluding tert-OH is 1. The molecule has 0 unspecified atom stereocenters. The van der Waals surface area contributed by atoms with E-state index in [0.717, 1.165) is 6.42 Å². The van der Waals surface area contributed by atoms with E-state index in [1.54, 1.807) is 13.4 Å². The van der Waals surface area contributed by atoms with Crippen molar-refractivity contribution >= 4 is 17.0 Å². The molecule has 1 aliphatic carbocycles. The van der Waals surface area contributed by atoms with E-state index in [1.165, 1.54) is 6.33 Å². The molecule has 102 valence electrons. The van der Waals surface area contributed by atoms with Crippen molar-refractivity contribution in [3.63, 3.8) is 0 Å². The van der Waals surface area contributed by atoms with E-state index in [2.05, 4.69) is 21.9 Å². The molecular formula is C12H17N5O2. The van der Waals surface area contributed by atoms with Gasteiger partial charge in [0.2, 0.25) is 0 Å². The molecule has 0 aliphatic heterocycles. The van der Waals surface area contributed by atoms with Crippen LogP contribution in [-0.2, 0) is 4.74 Å². The Bertz CT molecular complexity index is 599. The Morgan fingerprint density at radius 1 is 1.42 bits per heavy atom. The molecule has 3 N–H and O–H groups in total. The van der Waals surface area contributed by atoms with E-state index >= 15 is 0 Å². The molecule has 0 spiro atoms. The molecule has 7 nitrogen and oxygen atoms in total. The van der Waals surface area contributed by atoms with Gasteiger partial charge in [-0.2, -0.15) is 0 Å². The normalized spacial score (nSPS) is 31.1. The summed E-state index contributed by atoms with van der Waals surface area (Å²) < 4.78 is 7.23. The molecule has 0 bridgehead atoms. The van der Waals surface area contributed by atoms with Gasteiger partial charge in [0.25, 0.3) is 0 Å². The first kappa shape index (κ1) is 12.3. The molecule has 2 aromatic heterocycles. The van der Waals surface area contributed by atoms with Crippen molar-refractivity contribution in [3.8, 4) is 0 Å². The highest BCUT2D eigenvalue weighted by Gasteiger charge is 2.41. The maximum Gasteiger partial charge on any atom is 0.165 e. The first-order chi connectivity index (χ1) is 9.13. The maximum absolute atomic E-state index is 10.4. The zero-order valence-electron chi connectivity index (χ0n) is 10.9. The molecule has 0 radical (unpaired) electrons. The van der Waals surface area contributed by atoms with Crippen LogP contribution in [0.5, 0.6) is 0 Å². The Hall–Kier alpha value is -1.73. The summed E-state index contributed by atoms with van der Waals surface area (Å²) >= 11 is 0. The quantitative estimate of drug-likeness (QED) is 0.812.